The van der Waals surface area contributed by atoms with Crippen LogP contribution in [-0.4, -0.2) is 25.2 Å². The quantitative estimate of drug-likeness (QED) is 0.875. The number of nitrogens with one attached hydrogen (secondary N) is 1. The number of amides is 1. The highest BCUT2D eigenvalue weighted by molar-refractivity contribution is 6.37. The number of rotatable bonds is 5. The van der Waals surface area contributed by atoms with Gasteiger partial charge in [0.25, 0.3) is 5.91 Å². The standard InChI is InChI=1S/C15H19Cl2NO3/c1-9(21-11-5-3-4-6-11)15(19)18-10-7-12(16)14(20-2)13(17)8-10/h7-9,11H,3-6H2,1-2H3,(H,18,19)/t9-/m0/s1. The van der Waals surface area contributed by atoms with Crippen LogP contribution in [-0.2, 0) is 9.53 Å². The molecule has 1 N–H and O–H groups in total. The van der Waals surface area contributed by atoms with Gasteiger partial charge < -0.3 is 14.8 Å². The van der Waals surface area contributed by atoms with Crippen LogP contribution in [0.5, 0.6) is 5.75 Å². The summed E-state index contributed by atoms with van der Waals surface area (Å²) < 4.78 is 10.8. The molecular formula is C15H19Cl2NO3. The third-order valence-electron chi connectivity index (χ3n) is 3.54. The van der Waals surface area contributed by atoms with E-state index in [1.165, 1.54) is 20.0 Å². The van der Waals surface area contributed by atoms with Gasteiger partial charge in [-0.15, -0.1) is 0 Å². The van der Waals surface area contributed by atoms with Gasteiger partial charge in [0.15, 0.2) is 5.75 Å². The van der Waals surface area contributed by atoms with Crippen LogP contribution >= 0.6 is 23.2 Å². The normalized spacial score (nSPS) is 16.8. The number of carbonyl (C=O) groups excluding carboxylic acids is 1. The minimum absolute atomic E-state index is 0.189. The molecule has 6 heteroatoms. The average Bonchev–Trinajstić information content (AvgIpc) is 2.91. The van der Waals surface area contributed by atoms with Crippen LogP contribution in [0.25, 0.3) is 0 Å². The lowest BCUT2D eigenvalue weighted by molar-refractivity contribution is -0.129. The summed E-state index contributed by atoms with van der Waals surface area (Å²) in [4.78, 5) is 12.1. The first-order valence-corrected chi connectivity index (χ1v) is 7.76. The van der Waals surface area contributed by atoms with Crippen LogP contribution in [0, 0.1) is 0 Å². The third-order valence-corrected chi connectivity index (χ3v) is 4.10. The van der Waals surface area contributed by atoms with Gasteiger partial charge in [-0.25, -0.2) is 0 Å². The van der Waals surface area contributed by atoms with E-state index in [2.05, 4.69) is 5.32 Å². The number of methoxy groups -OCH3 is 1. The first-order chi connectivity index (χ1) is 10.0. The van der Waals surface area contributed by atoms with Crippen molar-refractivity contribution in [2.45, 2.75) is 44.8 Å². The second kappa shape index (κ2) is 7.34. The van der Waals surface area contributed by atoms with Crippen molar-refractivity contribution in [1.29, 1.82) is 0 Å². The van der Waals surface area contributed by atoms with E-state index in [9.17, 15) is 4.79 Å². The summed E-state index contributed by atoms with van der Waals surface area (Å²) in [6, 6.07) is 3.21. The van der Waals surface area contributed by atoms with Gasteiger partial charge in [-0.1, -0.05) is 36.0 Å². The van der Waals surface area contributed by atoms with Crippen LogP contribution in [0.3, 0.4) is 0 Å². The minimum Gasteiger partial charge on any atom is -0.494 e. The molecule has 116 valence electrons. The van der Waals surface area contributed by atoms with E-state index in [0.717, 1.165) is 12.8 Å². The van der Waals surface area contributed by atoms with Crippen LogP contribution in [0.2, 0.25) is 10.0 Å². The number of hydrogen-bond donors (Lipinski definition) is 1. The molecule has 1 amide bonds. The molecular weight excluding hydrogens is 313 g/mol. The molecule has 1 saturated carbocycles. The molecule has 4 nitrogen and oxygen atoms in total. The van der Waals surface area contributed by atoms with Gasteiger partial charge in [-0.2, -0.15) is 0 Å². The summed E-state index contributed by atoms with van der Waals surface area (Å²) in [6.07, 6.45) is 4.07. The maximum absolute atomic E-state index is 12.1. The SMILES string of the molecule is COc1c(Cl)cc(NC(=O)[C@H](C)OC2CCCC2)cc1Cl. The van der Waals surface area contributed by atoms with E-state index in [0.29, 0.717) is 21.5 Å². The third kappa shape index (κ3) is 4.25. The molecule has 0 aromatic heterocycles. The number of benzene rings is 1. The van der Waals surface area contributed by atoms with Gasteiger partial charge in [0.2, 0.25) is 0 Å². The fourth-order valence-corrected chi connectivity index (χ4v) is 3.09. The maximum Gasteiger partial charge on any atom is 0.253 e. The highest BCUT2D eigenvalue weighted by Crippen LogP contribution is 2.35. The Balaban J connectivity index is 1.98. The lowest BCUT2D eigenvalue weighted by Gasteiger charge is -2.18. The molecule has 0 saturated heterocycles. The highest BCUT2D eigenvalue weighted by atomic mass is 35.5. The zero-order valence-corrected chi connectivity index (χ0v) is 13.6. The monoisotopic (exact) mass is 331 g/mol. The molecule has 0 aliphatic heterocycles. The molecule has 0 spiro atoms. The minimum atomic E-state index is -0.507. The first kappa shape index (κ1) is 16.4. The number of anilines is 1. The van der Waals surface area contributed by atoms with Crippen molar-refractivity contribution in [2.75, 3.05) is 12.4 Å². The Morgan fingerprint density at radius 3 is 2.38 bits per heavy atom. The molecule has 1 aliphatic carbocycles. The van der Waals surface area contributed by atoms with E-state index in [4.69, 9.17) is 32.7 Å². The Labute approximate surface area is 134 Å². The Bertz CT molecular complexity index is 493. The number of carbonyl (C=O) groups is 1. The second-order valence-electron chi connectivity index (χ2n) is 5.15. The number of hydrogen-bond acceptors (Lipinski definition) is 3. The molecule has 1 aromatic rings. The molecule has 1 fully saturated rings. The summed E-state index contributed by atoms with van der Waals surface area (Å²) in [5.41, 5.74) is 0.526. The maximum atomic E-state index is 12.1. The topological polar surface area (TPSA) is 47.6 Å². The van der Waals surface area contributed by atoms with Crippen molar-refractivity contribution in [1.82, 2.24) is 0 Å². The molecule has 0 heterocycles. The summed E-state index contributed by atoms with van der Waals surface area (Å²) in [5.74, 6) is 0.186. The second-order valence-corrected chi connectivity index (χ2v) is 5.96. The van der Waals surface area contributed by atoms with Crippen molar-refractivity contribution in [2.24, 2.45) is 0 Å². The summed E-state index contributed by atoms with van der Waals surface area (Å²) in [7, 11) is 1.49. The van der Waals surface area contributed by atoms with Crippen molar-refractivity contribution in [3.63, 3.8) is 0 Å². The average molecular weight is 332 g/mol. The van der Waals surface area contributed by atoms with Crippen molar-refractivity contribution in [3.8, 4) is 5.75 Å². The summed E-state index contributed by atoms with van der Waals surface area (Å²) >= 11 is 12.1. The van der Waals surface area contributed by atoms with Gasteiger partial charge in [0.05, 0.1) is 23.3 Å². The Kier molecular flexibility index (Phi) is 5.73. The zero-order chi connectivity index (χ0) is 15.4. The zero-order valence-electron chi connectivity index (χ0n) is 12.1. The number of halogens is 2. The lowest BCUT2D eigenvalue weighted by atomic mass is 10.2. The fraction of sp³-hybridized carbons (Fsp3) is 0.533. The van der Waals surface area contributed by atoms with Crippen LogP contribution in [0.15, 0.2) is 12.1 Å². The van der Waals surface area contributed by atoms with Crippen LogP contribution in [0.4, 0.5) is 5.69 Å². The van der Waals surface area contributed by atoms with Crippen LogP contribution in [0.1, 0.15) is 32.6 Å². The lowest BCUT2D eigenvalue weighted by Crippen LogP contribution is -2.30. The molecule has 0 radical (unpaired) electrons. The van der Waals surface area contributed by atoms with Crippen LogP contribution < -0.4 is 10.1 Å². The van der Waals surface area contributed by atoms with Gasteiger partial charge in [-0.3, -0.25) is 4.79 Å². The Morgan fingerprint density at radius 2 is 1.86 bits per heavy atom. The molecule has 0 unspecified atom stereocenters. The summed E-state index contributed by atoms with van der Waals surface area (Å²) in [6.45, 7) is 1.75. The van der Waals surface area contributed by atoms with Gasteiger partial charge in [0.1, 0.15) is 6.10 Å². The largest absolute Gasteiger partial charge is 0.494 e. The Hall–Kier alpha value is -0.970. The predicted molar refractivity (Wildman–Crippen MR) is 84.4 cm³/mol. The molecule has 21 heavy (non-hydrogen) atoms. The van der Waals surface area contributed by atoms with E-state index in [1.807, 2.05) is 0 Å². The smallest absolute Gasteiger partial charge is 0.253 e. The number of ether oxygens (including phenoxy) is 2. The van der Waals surface area contributed by atoms with Crippen molar-refractivity contribution < 1.29 is 14.3 Å². The first-order valence-electron chi connectivity index (χ1n) is 7.00. The van der Waals surface area contributed by atoms with Gasteiger partial charge >= 0.3 is 0 Å². The molecule has 1 aliphatic rings. The summed E-state index contributed by atoms with van der Waals surface area (Å²) in [5, 5.41) is 3.46. The molecule has 2 rings (SSSR count). The highest BCUT2D eigenvalue weighted by Gasteiger charge is 2.22. The fourth-order valence-electron chi connectivity index (χ4n) is 2.45. The van der Waals surface area contributed by atoms with Crippen molar-refractivity contribution >= 4 is 34.8 Å². The van der Waals surface area contributed by atoms with Gasteiger partial charge in [0, 0.05) is 5.69 Å². The van der Waals surface area contributed by atoms with E-state index in [-0.39, 0.29) is 12.0 Å². The van der Waals surface area contributed by atoms with E-state index >= 15 is 0 Å². The Morgan fingerprint density at radius 1 is 1.29 bits per heavy atom. The molecule has 1 atom stereocenters. The van der Waals surface area contributed by atoms with E-state index in [1.54, 1.807) is 19.1 Å². The molecule has 0 bridgehead atoms. The van der Waals surface area contributed by atoms with E-state index < -0.39 is 6.10 Å². The van der Waals surface area contributed by atoms with Gasteiger partial charge in [-0.05, 0) is 31.9 Å². The van der Waals surface area contributed by atoms with Crippen molar-refractivity contribution in [3.05, 3.63) is 22.2 Å². The molecule has 1 aromatic carbocycles. The predicted octanol–water partition coefficient (Wildman–Crippen LogP) is 4.29.